The Balaban J connectivity index is 2.33. The number of aryl methyl sites for hydroxylation is 2. The maximum Gasteiger partial charge on any atom is 0.0703 e. The van der Waals surface area contributed by atoms with E-state index in [1.165, 1.54) is 33.1 Å². The number of benzene rings is 1. The molecule has 3 nitrogen and oxygen atoms in total. The van der Waals surface area contributed by atoms with Crippen molar-refractivity contribution in [1.29, 1.82) is 0 Å². The molecule has 1 unspecified atom stereocenters. The van der Waals surface area contributed by atoms with E-state index in [1.54, 1.807) is 0 Å². The summed E-state index contributed by atoms with van der Waals surface area (Å²) < 4.78 is 3.97. The van der Waals surface area contributed by atoms with Crippen molar-refractivity contribution in [1.82, 2.24) is 14.9 Å². The van der Waals surface area contributed by atoms with Gasteiger partial charge in [-0.2, -0.15) is 0 Å². The van der Waals surface area contributed by atoms with E-state index < -0.39 is 0 Å². The molecule has 1 aromatic carbocycles. The quantitative estimate of drug-likeness (QED) is 0.898. The van der Waals surface area contributed by atoms with Crippen LogP contribution in [0.4, 0.5) is 0 Å². The highest BCUT2D eigenvalue weighted by molar-refractivity contribution is 7.05. The van der Waals surface area contributed by atoms with Crippen LogP contribution < -0.4 is 5.32 Å². The van der Waals surface area contributed by atoms with Crippen LogP contribution in [0.1, 0.15) is 41.0 Å². The monoisotopic (exact) mass is 261 g/mol. The van der Waals surface area contributed by atoms with Gasteiger partial charge in [-0.15, -0.1) is 5.10 Å². The van der Waals surface area contributed by atoms with Gasteiger partial charge in [0.15, 0.2) is 0 Å². The van der Waals surface area contributed by atoms with Gasteiger partial charge in [0.25, 0.3) is 0 Å². The molecule has 2 rings (SSSR count). The molecule has 0 saturated carbocycles. The average molecular weight is 261 g/mol. The van der Waals surface area contributed by atoms with Gasteiger partial charge in [0.2, 0.25) is 0 Å². The molecule has 18 heavy (non-hydrogen) atoms. The first-order valence-corrected chi connectivity index (χ1v) is 7.07. The predicted molar refractivity (Wildman–Crippen MR) is 76.0 cm³/mol. The summed E-state index contributed by atoms with van der Waals surface area (Å²) in [6.07, 6.45) is 2.98. The lowest BCUT2D eigenvalue weighted by molar-refractivity contribution is 0.604. The van der Waals surface area contributed by atoms with Crippen LogP contribution in [-0.4, -0.2) is 16.1 Å². The minimum atomic E-state index is 0.212. The first-order chi connectivity index (χ1) is 8.70. The maximum atomic E-state index is 3.97. The van der Waals surface area contributed by atoms with E-state index in [9.17, 15) is 0 Å². The second-order valence-corrected chi connectivity index (χ2v) is 5.45. The molecule has 0 fully saturated rings. The number of nitrogens with one attached hydrogen (secondary N) is 1. The molecule has 1 N–H and O–H groups in total. The molecule has 0 saturated heterocycles. The Bertz CT molecular complexity index is 473. The van der Waals surface area contributed by atoms with Crippen molar-refractivity contribution in [3.8, 4) is 0 Å². The molecule has 0 bridgehead atoms. The number of aromatic nitrogens is 2. The Hall–Kier alpha value is -1.26. The van der Waals surface area contributed by atoms with Crippen molar-refractivity contribution < 1.29 is 0 Å². The number of nitrogens with zero attached hydrogens (tertiary/aromatic N) is 2. The molecule has 4 heteroatoms. The first-order valence-electron chi connectivity index (χ1n) is 6.29. The van der Waals surface area contributed by atoms with Crippen LogP contribution in [0.2, 0.25) is 0 Å². The van der Waals surface area contributed by atoms with Crippen LogP contribution in [0.25, 0.3) is 0 Å². The molecule has 96 valence electrons. The van der Waals surface area contributed by atoms with E-state index in [0.29, 0.717) is 0 Å². The minimum Gasteiger partial charge on any atom is -0.305 e. The lowest BCUT2D eigenvalue weighted by Gasteiger charge is -2.18. The summed E-state index contributed by atoms with van der Waals surface area (Å²) in [4.78, 5) is 1.17. The van der Waals surface area contributed by atoms with Gasteiger partial charge in [0, 0.05) is 0 Å². The lowest BCUT2D eigenvalue weighted by atomic mass is 10.0. The fraction of sp³-hybridized carbons (Fsp3) is 0.429. The Morgan fingerprint density at radius 1 is 1.22 bits per heavy atom. The summed E-state index contributed by atoms with van der Waals surface area (Å²) in [6.45, 7) is 7.45. The SMILES string of the molecule is CCCNC(c1cc(C)cc(C)c1)c1cnns1. The number of hydrogen-bond donors (Lipinski definition) is 1. The first kappa shape index (κ1) is 13.2. The van der Waals surface area contributed by atoms with E-state index in [2.05, 4.69) is 53.9 Å². The van der Waals surface area contributed by atoms with Crippen molar-refractivity contribution in [2.45, 2.75) is 33.2 Å². The fourth-order valence-corrected chi connectivity index (χ4v) is 2.76. The van der Waals surface area contributed by atoms with E-state index >= 15 is 0 Å². The summed E-state index contributed by atoms with van der Waals surface area (Å²) in [5.74, 6) is 0. The van der Waals surface area contributed by atoms with E-state index in [-0.39, 0.29) is 6.04 Å². The zero-order chi connectivity index (χ0) is 13.0. The molecule has 0 aliphatic rings. The molecule has 0 amide bonds. The van der Waals surface area contributed by atoms with Crippen LogP contribution in [0.3, 0.4) is 0 Å². The third-order valence-corrected chi connectivity index (χ3v) is 3.57. The molecule has 1 heterocycles. The van der Waals surface area contributed by atoms with Crippen LogP contribution in [0.5, 0.6) is 0 Å². The largest absolute Gasteiger partial charge is 0.305 e. The Morgan fingerprint density at radius 3 is 2.50 bits per heavy atom. The van der Waals surface area contributed by atoms with Gasteiger partial charge in [-0.1, -0.05) is 40.7 Å². The Kier molecular flexibility index (Phi) is 4.44. The summed E-state index contributed by atoms with van der Waals surface area (Å²) in [5, 5.41) is 7.52. The average Bonchev–Trinajstić information content (AvgIpc) is 2.82. The van der Waals surface area contributed by atoms with Crippen LogP contribution >= 0.6 is 11.5 Å². The van der Waals surface area contributed by atoms with Gasteiger partial charge in [-0.25, -0.2) is 0 Å². The topological polar surface area (TPSA) is 37.8 Å². The predicted octanol–water partition coefficient (Wildman–Crippen LogP) is 3.24. The van der Waals surface area contributed by atoms with Crippen molar-refractivity contribution >= 4 is 11.5 Å². The second kappa shape index (κ2) is 6.07. The Labute approximate surface area is 112 Å². The third-order valence-electron chi connectivity index (χ3n) is 2.84. The highest BCUT2D eigenvalue weighted by Crippen LogP contribution is 2.25. The smallest absolute Gasteiger partial charge is 0.0703 e. The standard InChI is InChI=1S/C14H19N3S/c1-4-5-15-14(13-9-16-17-18-13)12-7-10(2)6-11(3)8-12/h6-9,14-15H,4-5H2,1-3H3. The molecule has 0 aliphatic heterocycles. The van der Waals surface area contributed by atoms with E-state index in [4.69, 9.17) is 0 Å². The summed E-state index contributed by atoms with van der Waals surface area (Å²) in [5.41, 5.74) is 3.89. The van der Waals surface area contributed by atoms with E-state index in [1.807, 2.05) is 6.20 Å². The van der Waals surface area contributed by atoms with Gasteiger partial charge < -0.3 is 5.32 Å². The molecule has 0 spiro atoms. The van der Waals surface area contributed by atoms with Gasteiger partial charge in [-0.05, 0) is 43.9 Å². The Morgan fingerprint density at radius 2 is 1.94 bits per heavy atom. The van der Waals surface area contributed by atoms with Crippen molar-refractivity contribution in [3.63, 3.8) is 0 Å². The molecular weight excluding hydrogens is 242 g/mol. The third kappa shape index (κ3) is 3.15. The highest BCUT2D eigenvalue weighted by atomic mass is 32.1. The molecule has 1 aromatic heterocycles. The number of rotatable bonds is 5. The highest BCUT2D eigenvalue weighted by Gasteiger charge is 2.16. The molecular formula is C14H19N3S. The molecule has 0 aliphatic carbocycles. The zero-order valence-electron chi connectivity index (χ0n) is 11.1. The van der Waals surface area contributed by atoms with Crippen LogP contribution in [-0.2, 0) is 0 Å². The van der Waals surface area contributed by atoms with Gasteiger partial charge in [-0.3, -0.25) is 0 Å². The summed E-state index contributed by atoms with van der Waals surface area (Å²) in [6, 6.07) is 6.88. The maximum absolute atomic E-state index is 3.97. The van der Waals surface area contributed by atoms with Crippen molar-refractivity contribution in [3.05, 3.63) is 46.0 Å². The molecule has 0 radical (unpaired) electrons. The van der Waals surface area contributed by atoms with E-state index in [0.717, 1.165) is 13.0 Å². The van der Waals surface area contributed by atoms with Gasteiger partial charge in [0.1, 0.15) is 0 Å². The normalized spacial score (nSPS) is 12.6. The van der Waals surface area contributed by atoms with Crippen molar-refractivity contribution in [2.24, 2.45) is 0 Å². The van der Waals surface area contributed by atoms with Crippen LogP contribution in [0.15, 0.2) is 24.4 Å². The lowest BCUT2D eigenvalue weighted by Crippen LogP contribution is -2.22. The molecule has 2 aromatic rings. The van der Waals surface area contributed by atoms with Crippen molar-refractivity contribution in [2.75, 3.05) is 6.54 Å². The summed E-state index contributed by atoms with van der Waals surface area (Å²) >= 11 is 1.46. The number of hydrogen-bond acceptors (Lipinski definition) is 4. The second-order valence-electron chi connectivity index (χ2n) is 4.63. The molecule has 1 atom stereocenters. The van der Waals surface area contributed by atoms with Crippen LogP contribution in [0, 0.1) is 13.8 Å². The van der Waals surface area contributed by atoms with Gasteiger partial charge >= 0.3 is 0 Å². The zero-order valence-corrected chi connectivity index (χ0v) is 11.9. The van der Waals surface area contributed by atoms with Gasteiger partial charge in [0.05, 0.1) is 17.1 Å². The minimum absolute atomic E-state index is 0.212. The fourth-order valence-electron chi connectivity index (χ4n) is 2.15. The summed E-state index contributed by atoms with van der Waals surface area (Å²) in [7, 11) is 0.